The SMILES string of the molecule is CC(C)C(=N)N(C)Cc1ccccc1F. The lowest BCUT2D eigenvalue weighted by atomic mass is 10.1. The molecule has 0 saturated carbocycles. The zero-order valence-electron chi connectivity index (χ0n) is 9.42. The van der Waals surface area contributed by atoms with Gasteiger partial charge in [-0.05, 0) is 6.07 Å². The smallest absolute Gasteiger partial charge is 0.128 e. The molecule has 0 aliphatic rings. The van der Waals surface area contributed by atoms with Crippen molar-refractivity contribution in [2.75, 3.05) is 7.05 Å². The van der Waals surface area contributed by atoms with Crippen molar-refractivity contribution in [2.45, 2.75) is 20.4 Å². The summed E-state index contributed by atoms with van der Waals surface area (Å²) >= 11 is 0. The number of rotatable bonds is 3. The van der Waals surface area contributed by atoms with Crippen molar-refractivity contribution in [3.63, 3.8) is 0 Å². The van der Waals surface area contributed by atoms with Gasteiger partial charge in [-0.25, -0.2) is 4.39 Å². The van der Waals surface area contributed by atoms with Crippen LogP contribution in [0.2, 0.25) is 0 Å². The largest absolute Gasteiger partial charge is 0.359 e. The molecule has 0 saturated heterocycles. The van der Waals surface area contributed by atoms with Crippen molar-refractivity contribution in [3.05, 3.63) is 35.6 Å². The summed E-state index contributed by atoms with van der Waals surface area (Å²) in [5.74, 6) is 0.487. The van der Waals surface area contributed by atoms with E-state index in [1.54, 1.807) is 17.0 Å². The number of halogens is 1. The van der Waals surface area contributed by atoms with Gasteiger partial charge in [0.05, 0.1) is 5.84 Å². The molecule has 0 aliphatic carbocycles. The third-order valence-electron chi connectivity index (χ3n) is 2.32. The summed E-state index contributed by atoms with van der Waals surface area (Å²) in [5, 5.41) is 7.77. The molecule has 1 aromatic carbocycles. The van der Waals surface area contributed by atoms with Crippen LogP contribution < -0.4 is 0 Å². The van der Waals surface area contributed by atoms with Gasteiger partial charge in [-0.15, -0.1) is 0 Å². The van der Waals surface area contributed by atoms with Gasteiger partial charge in [0.1, 0.15) is 5.82 Å². The minimum atomic E-state index is -0.207. The molecule has 3 heteroatoms. The van der Waals surface area contributed by atoms with Crippen LogP contribution in [0.25, 0.3) is 0 Å². The van der Waals surface area contributed by atoms with Gasteiger partial charge >= 0.3 is 0 Å². The quantitative estimate of drug-likeness (QED) is 0.600. The monoisotopic (exact) mass is 208 g/mol. The molecule has 82 valence electrons. The van der Waals surface area contributed by atoms with Crippen molar-refractivity contribution >= 4 is 5.84 Å². The van der Waals surface area contributed by atoms with Crippen LogP contribution in [0, 0.1) is 17.1 Å². The third kappa shape index (κ3) is 3.05. The van der Waals surface area contributed by atoms with Gasteiger partial charge in [-0.3, -0.25) is 5.41 Å². The Kier molecular flexibility index (Phi) is 3.83. The molecular formula is C12H17FN2. The van der Waals surface area contributed by atoms with E-state index in [1.165, 1.54) is 6.07 Å². The summed E-state index contributed by atoms with van der Waals surface area (Å²) in [5.41, 5.74) is 0.630. The van der Waals surface area contributed by atoms with Gasteiger partial charge in [0.25, 0.3) is 0 Å². The summed E-state index contributed by atoms with van der Waals surface area (Å²) in [6, 6.07) is 6.68. The fraction of sp³-hybridized carbons (Fsp3) is 0.417. The first-order valence-electron chi connectivity index (χ1n) is 5.05. The number of amidine groups is 1. The van der Waals surface area contributed by atoms with E-state index in [0.717, 1.165) is 0 Å². The third-order valence-corrected chi connectivity index (χ3v) is 2.32. The lowest BCUT2D eigenvalue weighted by molar-refractivity contribution is 0.453. The zero-order valence-corrected chi connectivity index (χ0v) is 9.42. The second-order valence-electron chi connectivity index (χ2n) is 3.99. The Morgan fingerprint density at radius 2 is 2.00 bits per heavy atom. The highest BCUT2D eigenvalue weighted by Gasteiger charge is 2.10. The molecule has 0 aliphatic heterocycles. The van der Waals surface area contributed by atoms with E-state index in [-0.39, 0.29) is 11.7 Å². The normalized spacial score (nSPS) is 10.5. The topological polar surface area (TPSA) is 27.1 Å². The van der Waals surface area contributed by atoms with Crippen molar-refractivity contribution in [1.29, 1.82) is 5.41 Å². The Morgan fingerprint density at radius 1 is 1.40 bits per heavy atom. The number of nitrogens with zero attached hydrogens (tertiary/aromatic N) is 1. The minimum Gasteiger partial charge on any atom is -0.359 e. The molecule has 0 unspecified atom stereocenters. The predicted octanol–water partition coefficient (Wildman–Crippen LogP) is 2.89. The van der Waals surface area contributed by atoms with Gasteiger partial charge in [0.15, 0.2) is 0 Å². The standard InChI is InChI=1S/C12H17FN2/c1-9(2)12(14)15(3)8-10-6-4-5-7-11(10)13/h4-7,9,14H,8H2,1-3H3. The molecule has 2 nitrogen and oxygen atoms in total. The predicted molar refractivity (Wildman–Crippen MR) is 60.4 cm³/mol. The Balaban J connectivity index is 2.71. The molecule has 0 heterocycles. The number of hydrogen-bond donors (Lipinski definition) is 1. The summed E-state index contributed by atoms with van der Waals surface area (Å²) in [7, 11) is 1.81. The highest BCUT2D eigenvalue weighted by molar-refractivity contribution is 5.80. The number of nitrogens with one attached hydrogen (secondary N) is 1. The fourth-order valence-electron chi connectivity index (χ4n) is 1.41. The molecule has 0 radical (unpaired) electrons. The van der Waals surface area contributed by atoms with Gasteiger partial charge < -0.3 is 4.90 Å². The molecule has 15 heavy (non-hydrogen) atoms. The van der Waals surface area contributed by atoms with E-state index < -0.39 is 0 Å². The molecule has 1 rings (SSSR count). The van der Waals surface area contributed by atoms with E-state index in [0.29, 0.717) is 17.9 Å². The second-order valence-corrected chi connectivity index (χ2v) is 3.99. The van der Waals surface area contributed by atoms with Crippen LogP contribution in [0.5, 0.6) is 0 Å². The molecule has 1 N–H and O–H groups in total. The lowest BCUT2D eigenvalue weighted by Gasteiger charge is -2.22. The Morgan fingerprint density at radius 3 is 2.53 bits per heavy atom. The van der Waals surface area contributed by atoms with Gasteiger partial charge in [0, 0.05) is 25.1 Å². The summed E-state index contributed by atoms with van der Waals surface area (Å²) < 4.78 is 13.3. The number of benzene rings is 1. The van der Waals surface area contributed by atoms with E-state index >= 15 is 0 Å². The minimum absolute atomic E-state index is 0.168. The Labute approximate surface area is 90.2 Å². The van der Waals surface area contributed by atoms with Crippen molar-refractivity contribution in [1.82, 2.24) is 4.90 Å². The van der Waals surface area contributed by atoms with Crippen LogP contribution >= 0.6 is 0 Å². The Hall–Kier alpha value is -1.38. The van der Waals surface area contributed by atoms with E-state index in [4.69, 9.17) is 5.41 Å². The molecule has 0 bridgehead atoms. The molecular weight excluding hydrogens is 191 g/mol. The maximum absolute atomic E-state index is 13.3. The van der Waals surface area contributed by atoms with E-state index in [9.17, 15) is 4.39 Å². The summed E-state index contributed by atoms with van der Waals surface area (Å²) in [6.45, 7) is 4.37. The first-order valence-corrected chi connectivity index (χ1v) is 5.05. The highest BCUT2D eigenvalue weighted by atomic mass is 19.1. The maximum atomic E-state index is 13.3. The van der Waals surface area contributed by atoms with Gasteiger partial charge in [-0.2, -0.15) is 0 Å². The molecule has 0 atom stereocenters. The number of hydrogen-bond acceptors (Lipinski definition) is 1. The molecule has 0 aromatic heterocycles. The van der Waals surface area contributed by atoms with Crippen molar-refractivity contribution in [3.8, 4) is 0 Å². The lowest BCUT2D eigenvalue weighted by Crippen LogP contribution is -2.29. The molecule has 0 amide bonds. The van der Waals surface area contributed by atoms with Crippen LogP contribution in [-0.4, -0.2) is 17.8 Å². The highest BCUT2D eigenvalue weighted by Crippen LogP contribution is 2.10. The van der Waals surface area contributed by atoms with E-state index in [2.05, 4.69) is 0 Å². The first kappa shape index (κ1) is 11.7. The fourth-order valence-corrected chi connectivity index (χ4v) is 1.41. The van der Waals surface area contributed by atoms with Gasteiger partial charge in [-0.1, -0.05) is 32.0 Å². The Bertz CT molecular complexity index is 347. The first-order chi connectivity index (χ1) is 7.02. The van der Waals surface area contributed by atoms with Crippen LogP contribution in [0.3, 0.4) is 0 Å². The van der Waals surface area contributed by atoms with E-state index in [1.807, 2.05) is 27.0 Å². The van der Waals surface area contributed by atoms with Gasteiger partial charge in [0.2, 0.25) is 0 Å². The molecule has 1 aromatic rings. The summed E-state index contributed by atoms with van der Waals surface area (Å²) in [4.78, 5) is 1.77. The van der Waals surface area contributed by atoms with Crippen LogP contribution in [0.15, 0.2) is 24.3 Å². The summed E-state index contributed by atoms with van der Waals surface area (Å²) in [6.07, 6.45) is 0. The zero-order chi connectivity index (χ0) is 11.4. The maximum Gasteiger partial charge on any atom is 0.128 e. The molecule has 0 spiro atoms. The average Bonchev–Trinajstić information content (AvgIpc) is 2.20. The van der Waals surface area contributed by atoms with Crippen LogP contribution in [-0.2, 0) is 6.54 Å². The average molecular weight is 208 g/mol. The second kappa shape index (κ2) is 4.91. The van der Waals surface area contributed by atoms with Crippen LogP contribution in [0.4, 0.5) is 4.39 Å². The molecule has 0 fully saturated rings. The van der Waals surface area contributed by atoms with Crippen molar-refractivity contribution in [2.24, 2.45) is 5.92 Å². The van der Waals surface area contributed by atoms with Crippen molar-refractivity contribution < 1.29 is 4.39 Å². The van der Waals surface area contributed by atoms with Crippen LogP contribution in [0.1, 0.15) is 19.4 Å².